The molecule has 0 fully saturated rings. The summed E-state index contributed by atoms with van der Waals surface area (Å²) in [5, 5.41) is -0.172. The van der Waals surface area contributed by atoms with Gasteiger partial charge in [-0.1, -0.05) is 0 Å². The van der Waals surface area contributed by atoms with Crippen LogP contribution in [0.1, 0.15) is 6.92 Å². The number of benzene rings is 1. The van der Waals surface area contributed by atoms with Crippen molar-refractivity contribution in [3.63, 3.8) is 0 Å². The zero-order valence-corrected chi connectivity index (χ0v) is 10.8. The van der Waals surface area contributed by atoms with Gasteiger partial charge in [0.2, 0.25) is 5.91 Å². The summed E-state index contributed by atoms with van der Waals surface area (Å²) < 4.78 is 10.5. The first kappa shape index (κ1) is 13.7. The van der Waals surface area contributed by atoms with Gasteiger partial charge in [-0.3, -0.25) is 4.79 Å². The van der Waals surface area contributed by atoms with Crippen LogP contribution in [0.4, 0.5) is 0 Å². The van der Waals surface area contributed by atoms with Crippen molar-refractivity contribution in [3.05, 3.63) is 24.3 Å². The van der Waals surface area contributed by atoms with E-state index in [0.29, 0.717) is 6.61 Å². The third-order valence-electron chi connectivity index (χ3n) is 2.18. The number of ether oxygens (including phenoxy) is 2. The second kappa shape index (κ2) is 7.06. The van der Waals surface area contributed by atoms with E-state index in [1.807, 2.05) is 24.3 Å². The Labute approximate surface area is 105 Å². The predicted molar refractivity (Wildman–Crippen MR) is 69.6 cm³/mol. The van der Waals surface area contributed by atoms with E-state index in [9.17, 15) is 4.79 Å². The van der Waals surface area contributed by atoms with Crippen molar-refractivity contribution < 1.29 is 14.3 Å². The molecular weight excluding hydrogens is 238 g/mol. The van der Waals surface area contributed by atoms with Gasteiger partial charge < -0.3 is 15.2 Å². The zero-order chi connectivity index (χ0) is 12.7. The fourth-order valence-corrected chi connectivity index (χ4v) is 1.84. The number of hydrogen-bond acceptors (Lipinski definition) is 4. The molecule has 0 aliphatic heterocycles. The number of methoxy groups -OCH3 is 1. The van der Waals surface area contributed by atoms with E-state index >= 15 is 0 Å². The lowest BCUT2D eigenvalue weighted by Crippen LogP contribution is -2.23. The molecule has 0 aliphatic carbocycles. The Balaban J connectivity index is 2.24. The second-order valence-electron chi connectivity index (χ2n) is 3.44. The molecule has 1 aromatic rings. The first-order chi connectivity index (χ1) is 8.13. The zero-order valence-electron chi connectivity index (χ0n) is 10.0. The van der Waals surface area contributed by atoms with Gasteiger partial charge >= 0.3 is 0 Å². The highest BCUT2D eigenvalue weighted by atomic mass is 32.2. The summed E-state index contributed by atoms with van der Waals surface area (Å²) in [4.78, 5) is 10.8. The standard InChI is InChI=1S/C12H17NO3S/c1-9(12(13)14)17-8-7-16-11-5-3-10(15-2)4-6-11/h3-6,9H,7-8H2,1-2H3,(H2,13,14)/t9-/m0/s1. The molecule has 0 spiro atoms. The van der Waals surface area contributed by atoms with E-state index in [2.05, 4.69) is 0 Å². The maximum atomic E-state index is 10.8. The lowest BCUT2D eigenvalue weighted by molar-refractivity contribution is -0.117. The summed E-state index contributed by atoms with van der Waals surface area (Å²) >= 11 is 1.49. The third kappa shape index (κ3) is 4.99. The van der Waals surface area contributed by atoms with Crippen LogP contribution in [0.5, 0.6) is 11.5 Å². The summed E-state index contributed by atoms with van der Waals surface area (Å²) in [5.41, 5.74) is 5.15. The van der Waals surface area contributed by atoms with Crippen molar-refractivity contribution in [3.8, 4) is 11.5 Å². The molecule has 0 heterocycles. The van der Waals surface area contributed by atoms with Gasteiger partial charge in [-0.2, -0.15) is 0 Å². The summed E-state index contributed by atoms with van der Waals surface area (Å²) in [6, 6.07) is 7.38. The van der Waals surface area contributed by atoms with Crippen molar-refractivity contribution in [1.82, 2.24) is 0 Å². The normalized spacial score (nSPS) is 11.9. The number of primary amides is 1. The van der Waals surface area contributed by atoms with E-state index < -0.39 is 0 Å². The fraction of sp³-hybridized carbons (Fsp3) is 0.417. The van der Waals surface area contributed by atoms with Crippen LogP contribution in [0, 0.1) is 0 Å². The van der Waals surface area contributed by atoms with E-state index in [-0.39, 0.29) is 11.2 Å². The lowest BCUT2D eigenvalue weighted by Gasteiger charge is -2.09. The van der Waals surface area contributed by atoms with Crippen molar-refractivity contribution in [2.45, 2.75) is 12.2 Å². The van der Waals surface area contributed by atoms with Crippen LogP contribution < -0.4 is 15.2 Å². The Bertz CT molecular complexity index is 353. The predicted octanol–water partition coefficient (Wildman–Crippen LogP) is 1.68. The summed E-state index contributed by atoms with van der Waals surface area (Å²) in [5.74, 6) is 2.03. The highest BCUT2D eigenvalue weighted by Crippen LogP contribution is 2.17. The van der Waals surface area contributed by atoms with E-state index in [1.54, 1.807) is 14.0 Å². The fourth-order valence-electron chi connectivity index (χ4n) is 1.14. The van der Waals surface area contributed by atoms with Crippen LogP contribution >= 0.6 is 11.8 Å². The van der Waals surface area contributed by atoms with Crippen LogP contribution in [0.3, 0.4) is 0 Å². The molecule has 4 nitrogen and oxygen atoms in total. The van der Waals surface area contributed by atoms with Crippen molar-refractivity contribution in [1.29, 1.82) is 0 Å². The van der Waals surface area contributed by atoms with Gasteiger partial charge in [-0.25, -0.2) is 0 Å². The molecule has 0 saturated carbocycles. The average Bonchev–Trinajstić information content (AvgIpc) is 2.35. The quantitative estimate of drug-likeness (QED) is 0.753. The van der Waals surface area contributed by atoms with Crippen molar-refractivity contribution >= 4 is 17.7 Å². The molecule has 1 aromatic carbocycles. The topological polar surface area (TPSA) is 61.6 Å². The van der Waals surface area contributed by atoms with Crippen molar-refractivity contribution in [2.75, 3.05) is 19.5 Å². The van der Waals surface area contributed by atoms with Gasteiger partial charge in [0.25, 0.3) is 0 Å². The Morgan fingerprint density at radius 3 is 2.47 bits per heavy atom. The summed E-state index contributed by atoms with van der Waals surface area (Å²) in [6.07, 6.45) is 0. The Morgan fingerprint density at radius 2 is 1.94 bits per heavy atom. The van der Waals surface area contributed by atoms with Gasteiger partial charge in [0.1, 0.15) is 11.5 Å². The molecule has 0 bridgehead atoms. The molecule has 0 unspecified atom stereocenters. The smallest absolute Gasteiger partial charge is 0.230 e. The highest BCUT2D eigenvalue weighted by Gasteiger charge is 2.08. The lowest BCUT2D eigenvalue weighted by atomic mass is 10.3. The largest absolute Gasteiger partial charge is 0.497 e. The Hall–Kier alpha value is -1.36. The molecular formula is C12H17NO3S. The minimum absolute atomic E-state index is 0.172. The molecule has 1 atom stereocenters. The number of carbonyl (C=O) groups is 1. The number of thioether (sulfide) groups is 1. The van der Waals surface area contributed by atoms with Gasteiger partial charge in [-0.05, 0) is 31.2 Å². The van der Waals surface area contributed by atoms with Crippen LogP contribution in [0.25, 0.3) is 0 Å². The van der Waals surface area contributed by atoms with Gasteiger partial charge in [-0.15, -0.1) is 11.8 Å². The monoisotopic (exact) mass is 255 g/mol. The Morgan fingerprint density at radius 1 is 1.35 bits per heavy atom. The van der Waals surface area contributed by atoms with Crippen LogP contribution in [0.2, 0.25) is 0 Å². The van der Waals surface area contributed by atoms with Gasteiger partial charge in [0.05, 0.1) is 19.0 Å². The Kier molecular flexibility index (Phi) is 5.69. The molecule has 1 amide bonds. The first-order valence-corrected chi connectivity index (χ1v) is 6.36. The minimum Gasteiger partial charge on any atom is -0.497 e. The molecule has 0 aromatic heterocycles. The van der Waals surface area contributed by atoms with E-state index in [4.69, 9.17) is 15.2 Å². The van der Waals surface area contributed by atoms with Crippen LogP contribution in [-0.2, 0) is 4.79 Å². The van der Waals surface area contributed by atoms with E-state index in [0.717, 1.165) is 17.3 Å². The molecule has 5 heteroatoms. The molecule has 0 aliphatic rings. The molecule has 94 valence electrons. The average molecular weight is 255 g/mol. The summed E-state index contributed by atoms with van der Waals surface area (Å²) in [7, 11) is 1.62. The van der Waals surface area contributed by atoms with Crippen molar-refractivity contribution in [2.24, 2.45) is 5.73 Å². The van der Waals surface area contributed by atoms with E-state index in [1.165, 1.54) is 11.8 Å². The second-order valence-corrected chi connectivity index (χ2v) is 4.89. The molecule has 17 heavy (non-hydrogen) atoms. The number of amides is 1. The van der Waals surface area contributed by atoms with Crippen LogP contribution in [-0.4, -0.2) is 30.6 Å². The molecule has 0 radical (unpaired) electrons. The molecule has 0 saturated heterocycles. The highest BCUT2D eigenvalue weighted by molar-refractivity contribution is 8.00. The maximum absolute atomic E-state index is 10.8. The minimum atomic E-state index is -0.292. The SMILES string of the molecule is COc1ccc(OCCS[C@@H](C)C(N)=O)cc1. The van der Waals surface area contributed by atoms with Crippen LogP contribution in [0.15, 0.2) is 24.3 Å². The maximum Gasteiger partial charge on any atom is 0.230 e. The molecule has 1 rings (SSSR count). The summed E-state index contributed by atoms with van der Waals surface area (Å²) in [6.45, 7) is 2.34. The number of hydrogen-bond donors (Lipinski definition) is 1. The van der Waals surface area contributed by atoms with Gasteiger partial charge in [0, 0.05) is 5.75 Å². The molecule has 2 N–H and O–H groups in total. The third-order valence-corrected chi connectivity index (χ3v) is 3.31. The number of carbonyl (C=O) groups excluding carboxylic acids is 1. The number of rotatable bonds is 7. The first-order valence-electron chi connectivity index (χ1n) is 5.31. The number of nitrogens with two attached hydrogens (primary N) is 1. The van der Waals surface area contributed by atoms with Gasteiger partial charge in [0.15, 0.2) is 0 Å².